The van der Waals surface area contributed by atoms with E-state index in [0.717, 1.165) is 30.1 Å². The normalized spacial score (nSPS) is 29.2. The molecule has 1 spiro atoms. The maximum Gasteiger partial charge on any atom is 0.154 e. The average Bonchev–Trinajstić information content (AvgIpc) is 2.45. The van der Waals surface area contributed by atoms with E-state index in [-0.39, 0.29) is 11.2 Å². The van der Waals surface area contributed by atoms with Crippen LogP contribution in [0.5, 0.6) is 0 Å². The molecule has 5 heteroatoms. The van der Waals surface area contributed by atoms with Crippen LogP contribution in [0.1, 0.15) is 25.3 Å². The topological polar surface area (TPSA) is 38.4 Å². The number of amidine groups is 1. The fourth-order valence-electron chi connectivity index (χ4n) is 3.32. The Kier molecular flexibility index (Phi) is 3.75. The van der Waals surface area contributed by atoms with Crippen molar-refractivity contribution in [1.29, 1.82) is 0 Å². The van der Waals surface area contributed by atoms with Gasteiger partial charge in [-0.05, 0) is 37.3 Å². The van der Waals surface area contributed by atoms with Crippen molar-refractivity contribution in [2.75, 3.05) is 17.3 Å². The van der Waals surface area contributed by atoms with Crippen molar-refractivity contribution in [2.45, 2.75) is 25.3 Å². The molecule has 2 aliphatic rings. The number of benzene rings is 1. The van der Waals surface area contributed by atoms with Gasteiger partial charge in [-0.1, -0.05) is 30.0 Å². The van der Waals surface area contributed by atoms with Crippen molar-refractivity contribution in [3.05, 3.63) is 35.6 Å². The Morgan fingerprint density at radius 2 is 1.95 bits per heavy atom. The molecule has 0 aromatic heterocycles. The highest BCUT2D eigenvalue weighted by Crippen LogP contribution is 2.55. The number of halogens is 1. The smallest absolute Gasteiger partial charge is 0.154 e. The van der Waals surface area contributed by atoms with E-state index in [9.17, 15) is 4.39 Å². The first kappa shape index (κ1) is 14.3. The minimum atomic E-state index is -0.547. The lowest BCUT2D eigenvalue weighted by Crippen LogP contribution is -2.50. The van der Waals surface area contributed by atoms with Crippen LogP contribution in [-0.2, 0) is 5.54 Å². The zero-order valence-electron chi connectivity index (χ0n) is 11.6. The van der Waals surface area contributed by atoms with Gasteiger partial charge in [-0.2, -0.15) is 11.8 Å². The van der Waals surface area contributed by atoms with E-state index in [1.807, 2.05) is 23.9 Å². The van der Waals surface area contributed by atoms with Gasteiger partial charge in [-0.25, -0.2) is 4.39 Å². The van der Waals surface area contributed by atoms with Crippen LogP contribution in [0.3, 0.4) is 0 Å². The highest BCUT2D eigenvalue weighted by molar-refractivity contribution is 8.13. The van der Waals surface area contributed by atoms with Crippen LogP contribution in [-0.4, -0.2) is 22.4 Å². The van der Waals surface area contributed by atoms with Gasteiger partial charge in [0.2, 0.25) is 0 Å². The molecule has 0 saturated carbocycles. The van der Waals surface area contributed by atoms with Gasteiger partial charge in [0.1, 0.15) is 5.82 Å². The van der Waals surface area contributed by atoms with Crippen molar-refractivity contribution in [3.63, 3.8) is 0 Å². The number of nitrogens with two attached hydrogens (primary N) is 1. The standard InChI is InChI=1S/C15H19FN2S2/c1-14(11-4-2-3-5-12(11)16)15(6-8-19-9-7-15)10-20-13(17)18-14/h2-5H,6-10H2,1H3,(H2,17,18)/t14-/m1/s1. The van der Waals surface area contributed by atoms with Crippen molar-refractivity contribution >= 4 is 28.7 Å². The lowest BCUT2D eigenvalue weighted by molar-refractivity contribution is 0.145. The van der Waals surface area contributed by atoms with Crippen molar-refractivity contribution in [1.82, 2.24) is 0 Å². The summed E-state index contributed by atoms with van der Waals surface area (Å²) in [6.07, 6.45) is 2.15. The first-order chi connectivity index (χ1) is 9.57. The summed E-state index contributed by atoms with van der Waals surface area (Å²) < 4.78 is 14.4. The number of nitrogens with zero attached hydrogens (tertiary/aromatic N) is 1. The van der Waals surface area contributed by atoms with Crippen LogP contribution in [0.15, 0.2) is 29.3 Å². The minimum absolute atomic E-state index is 0.0218. The van der Waals surface area contributed by atoms with E-state index < -0.39 is 5.54 Å². The first-order valence-corrected chi connectivity index (χ1v) is 9.02. The van der Waals surface area contributed by atoms with Gasteiger partial charge in [-0.15, -0.1) is 0 Å². The predicted octanol–water partition coefficient (Wildman–Crippen LogP) is 3.62. The largest absolute Gasteiger partial charge is 0.379 e. The van der Waals surface area contributed by atoms with E-state index in [1.165, 1.54) is 6.07 Å². The highest BCUT2D eigenvalue weighted by Gasteiger charge is 2.52. The van der Waals surface area contributed by atoms with E-state index in [4.69, 9.17) is 10.7 Å². The summed E-state index contributed by atoms with van der Waals surface area (Å²) in [5, 5.41) is 0.583. The van der Waals surface area contributed by atoms with E-state index in [0.29, 0.717) is 10.7 Å². The number of hydrogen-bond acceptors (Lipinski definition) is 4. The first-order valence-electron chi connectivity index (χ1n) is 6.88. The van der Waals surface area contributed by atoms with Gasteiger partial charge in [0.15, 0.2) is 5.17 Å². The summed E-state index contributed by atoms with van der Waals surface area (Å²) in [4.78, 5) is 4.73. The molecule has 2 aliphatic heterocycles. The minimum Gasteiger partial charge on any atom is -0.379 e. The monoisotopic (exact) mass is 310 g/mol. The van der Waals surface area contributed by atoms with Crippen molar-refractivity contribution < 1.29 is 4.39 Å². The fraction of sp³-hybridized carbons (Fsp3) is 0.533. The molecule has 2 heterocycles. The Morgan fingerprint density at radius 1 is 1.25 bits per heavy atom. The maximum atomic E-state index is 14.4. The van der Waals surface area contributed by atoms with E-state index in [2.05, 4.69) is 6.92 Å². The second-order valence-electron chi connectivity index (χ2n) is 5.68. The SMILES string of the molecule is C[C@]1(c2ccccc2F)N=C(N)SCC12CCSCC2. The molecule has 0 bridgehead atoms. The molecule has 1 aromatic carbocycles. The molecule has 2 N–H and O–H groups in total. The molecule has 1 fully saturated rings. The molecule has 0 unspecified atom stereocenters. The van der Waals surface area contributed by atoms with Gasteiger partial charge in [0, 0.05) is 16.7 Å². The Hall–Kier alpha value is -0.680. The summed E-state index contributed by atoms with van der Waals surface area (Å²) in [6, 6.07) is 7.02. The molecule has 20 heavy (non-hydrogen) atoms. The Morgan fingerprint density at radius 3 is 2.65 bits per heavy atom. The number of rotatable bonds is 1. The molecule has 0 aliphatic carbocycles. The summed E-state index contributed by atoms with van der Waals surface area (Å²) in [5.41, 5.74) is 6.14. The van der Waals surface area contributed by atoms with Crippen molar-refractivity contribution in [3.8, 4) is 0 Å². The number of thioether (sulfide) groups is 2. The van der Waals surface area contributed by atoms with Crippen LogP contribution in [0.25, 0.3) is 0 Å². The maximum absolute atomic E-state index is 14.4. The fourth-order valence-corrected chi connectivity index (χ4v) is 5.83. The second kappa shape index (κ2) is 5.26. The quantitative estimate of drug-likeness (QED) is 0.861. The van der Waals surface area contributed by atoms with Crippen LogP contribution >= 0.6 is 23.5 Å². The van der Waals surface area contributed by atoms with Gasteiger partial charge >= 0.3 is 0 Å². The second-order valence-corrected chi connectivity index (χ2v) is 7.90. The molecule has 2 nitrogen and oxygen atoms in total. The van der Waals surface area contributed by atoms with Crippen molar-refractivity contribution in [2.24, 2.45) is 16.1 Å². The van der Waals surface area contributed by atoms with Crippen LogP contribution in [0.2, 0.25) is 0 Å². The highest BCUT2D eigenvalue weighted by atomic mass is 32.2. The third-order valence-corrected chi connectivity index (χ3v) is 6.78. The third kappa shape index (κ3) is 2.15. The van der Waals surface area contributed by atoms with Crippen LogP contribution in [0, 0.1) is 11.2 Å². The third-order valence-electron chi connectivity index (χ3n) is 4.71. The predicted molar refractivity (Wildman–Crippen MR) is 86.8 cm³/mol. The van der Waals surface area contributed by atoms with Gasteiger partial charge in [0.25, 0.3) is 0 Å². The zero-order valence-corrected chi connectivity index (χ0v) is 13.2. The molecule has 0 radical (unpaired) electrons. The molecular formula is C15H19FN2S2. The number of aliphatic imine (C=N–C) groups is 1. The summed E-state index contributed by atoms with van der Waals surface area (Å²) in [7, 11) is 0. The molecule has 1 saturated heterocycles. The zero-order chi connectivity index (χ0) is 14.2. The van der Waals surface area contributed by atoms with Crippen LogP contribution < -0.4 is 5.73 Å². The van der Waals surface area contributed by atoms with E-state index >= 15 is 0 Å². The molecular weight excluding hydrogens is 291 g/mol. The molecule has 1 atom stereocenters. The molecule has 1 aromatic rings. The lowest BCUT2D eigenvalue weighted by atomic mass is 9.64. The summed E-state index contributed by atoms with van der Waals surface area (Å²) in [6.45, 7) is 2.06. The summed E-state index contributed by atoms with van der Waals surface area (Å²) >= 11 is 3.60. The number of hydrogen-bond donors (Lipinski definition) is 1. The summed E-state index contributed by atoms with van der Waals surface area (Å²) in [5.74, 6) is 3.02. The van der Waals surface area contributed by atoms with E-state index in [1.54, 1.807) is 17.8 Å². The molecule has 0 amide bonds. The Labute approximate surface area is 127 Å². The van der Waals surface area contributed by atoms with Gasteiger partial charge in [0.05, 0.1) is 5.54 Å². The van der Waals surface area contributed by atoms with Gasteiger partial charge < -0.3 is 5.73 Å². The molecule has 108 valence electrons. The van der Waals surface area contributed by atoms with Gasteiger partial charge in [-0.3, -0.25) is 4.99 Å². The average molecular weight is 310 g/mol. The molecule has 3 rings (SSSR count). The Balaban J connectivity index is 2.14. The Bertz CT molecular complexity index is 540. The lowest BCUT2D eigenvalue weighted by Gasteiger charge is -2.51. The van der Waals surface area contributed by atoms with Crippen LogP contribution in [0.4, 0.5) is 4.39 Å².